The van der Waals surface area contributed by atoms with Crippen LogP contribution in [-0.2, 0) is 4.74 Å². The normalized spacial score (nSPS) is 10.2. The summed E-state index contributed by atoms with van der Waals surface area (Å²) in [6, 6.07) is 14.8. The lowest BCUT2D eigenvalue weighted by Gasteiger charge is -2.16. The number of nitrogens with one attached hydrogen (secondary N) is 2. The molecule has 0 saturated heterocycles. The van der Waals surface area contributed by atoms with Crippen molar-refractivity contribution >= 4 is 57.9 Å². The van der Waals surface area contributed by atoms with Crippen molar-refractivity contribution in [1.29, 1.82) is 0 Å². The number of carbonyl (C=O) groups is 3. The van der Waals surface area contributed by atoms with Crippen molar-refractivity contribution in [3.63, 3.8) is 0 Å². The van der Waals surface area contributed by atoms with Crippen LogP contribution in [0.4, 0.5) is 21.9 Å². The van der Waals surface area contributed by atoms with Crippen LogP contribution in [0.1, 0.15) is 20.0 Å². The van der Waals surface area contributed by atoms with E-state index < -0.39 is 6.09 Å². The average molecular weight is 444 g/mol. The van der Waals surface area contributed by atoms with Crippen LogP contribution < -0.4 is 15.5 Å². The standard InChI is InChI=1S/C21H18ClN3O4S/c1-25(21(28)29-2)15-8-6-14(7-9-15)23-19(26)13-5-10-16(22)17(12-13)24-20(27)18-4-3-11-30-18/h3-12H,1-2H3,(H,23,26)(H,24,27). The number of hydrogen-bond acceptors (Lipinski definition) is 5. The van der Waals surface area contributed by atoms with Gasteiger partial charge in [0.1, 0.15) is 0 Å². The fourth-order valence-corrected chi connectivity index (χ4v) is 3.35. The molecule has 0 radical (unpaired) electrons. The van der Waals surface area contributed by atoms with Crippen molar-refractivity contribution in [3.05, 3.63) is 75.4 Å². The number of amides is 3. The molecule has 0 saturated carbocycles. The molecule has 0 fully saturated rings. The highest BCUT2D eigenvalue weighted by atomic mass is 35.5. The van der Waals surface area contributed by atoms with E-state index in [9.17, 15) is 14.4 Å². The maximum atomic E-state index is 12.6. The Morgan fingerprint density at radius 2 is 1.73 bits per heavy atom. The molecule has 1 heterocycles. The molecule has 154 valence electrons. The molecule has 2 N–H and O–H groups in total. The molecule has 0 atom stereocenters. The first-order chi connectivity index (χ1) is 14.4. The predicted octanol–water partition coefficient (Wildman–Crippen LogP) is 5.11. The van der Waals surface area contributed by atoms with Gasteiger partial charge in [0.15, 0.2) is 0 Å². The number of halogens is 1. The minimum Gasteiger partial charge on any atom is -0.452 e. The van der Waals surface area contributed by atoms with Crippen LogP contribution in [0, 0.1) is 0 Å². The molecule has 3 amide bonds. The van der Waals surface area contributed by atoms with Crippen molar-refractivity contribution in [1.82, 2.24) is 0 Å². The average Bonchev–Trinajstić information content (AvgIpc) is 3.29. The zero-order chi connectivity index (χ0) is 21.7. The Labute approximate surface area is 182 Å². The number of hydrogen-bond donors (Lipinski definition) is 2. The van der Waals surface area contributed by atoms with Gasteiger partial charge in [0.2, 0.25) is 0 Å². The van der Waals surface area contributed by atoms with E-state index in [-0.39, 0.29) is 11.8 Å². The highest BCUT2D eigenvalue weighted by molar-refractivity contribution is 7.12. The van der Waals surface area contributed by atoms with Gasteiger partial charge in [0.25, 0.3) is 11.8 Å². The minimum absolute atomic E-state index is 0.297. The largest absolute Gasteiger partial charge is 0.452 e. The molecule has 30 heavy (non-hydrogen) atoms. The topological polar surface area (TPSA) is 87.7 Å². The first kappa shape index (κ1) is 21.4. The van der Waals surface area contributed by atoms with Crippen LogP contribution in [0.2, 0.25) is 5.02 Å². The van der Waals surface area contributed by atoms with E-state index in [0.29, 0.717) is 32.5 Å². The monoisotopic (exact) mass is 443 g/mol. The van der Waals surface area contributed by atoms with E-state index in [1.807, 2.05) is 0 Å². The molecule has 2 aromatic carbocycles. The van der Waals surface area contributed by atoms with Crippen LogP contribution in [0.15, 0.2) is 60.0 Å². The molecular formula is C21H18ClN3O4S. The van der Waals surface area contributed by atoms with Crippen molar-refractivity contribution in [2.75, 3.05) is 29.7 Å². The summed E-state index contributed by atoms with van der Waals surface area (Å²) in [6.45, 7) is 0. The van der Waals surface area contributed by atoms with Gasteiger partial charge in [-0.2, -0.15) is 0 Å². The van der Waals surface area contributed by atoms with Gasteiger partial charge >= 0.3 is 6.09 Å². The third-order valence-electron chi connectivity index (χ3n) is 4.18. The molecule has 1 aromatic heterocycles. The third-order valence-corrected chi connectivity index (χ3v) is 5.38. The molecule has 0 spiro atoms. The van der Waals surface area contributed by atoms with Gasteiger partial charge in [-0.15, -0.1) is 11.3 Å². The van der Waals surface area contributed by atoms with E-state index in [2.05, 4.69) is 15.4 Å². The molecule has 9 heteroatoms. The Morgan fingerprint density at radius 1 is 1.00 bits per heavy atom. The second kappa shape index (κ2) is 9.43. The van der Waals surface area contributed by atoms with E-state index in [0.717, 1.165) is 0 Å². The smallest absolute Gasteiger partial charge is 0.413 e. The van der Waals surface area contributed by atoms with Gasteiger partial charge in [-0.25, -0.2) is 4.79 Å². The van der Waals surface area contributed by atoms with Crippen LogP contribution in [0.25, 0.3) is 0 Å². The summed E-state index contributed by atoms with van der Waals surface area (Å²) in [5.41, 5.74) is 1.83. The zero-order valence-electron chi connectivity index (χ0n) is 16.1. The molecular weight excluding hydrogens is 426 g/mol. The van der Waals surface area contributed by atoms with Gasteiger partial charge in [-0.1, -0.05) is 17.7 Å². The Balaban J connectivity index is 1.71. The number of anilines is 3. The fourth-order valence-electron chi connectivity index (χ4n) is 2.57. The summed E-state index contributed by atoms with van der Waals surface area (Å²) in [5, 5.41) is 7.61. The lowest BCUT2D eigenvalue weighted by Crippen LogP contribution is -2.25. The minimum atomic E-state index is -0.495. The maximum absolute atomic E-state index is 12.6. The zero-order valence-corrected chi connectivity index (χ0v) is 17.7. The SMILES string of the molecule is COC(=O)N(C)c1ccc(NC(=O)c2ccc(Cl)c(NC(=O)c3cccs3)c2)cc1. The van der Waals surface area contributed by atoms with Crippen molar-refractivity contribution in [3.8, 4) is 0 Å². The Bertz CT molecular complexity index is 1070. The molecule has 3 aromatic rings. The van der Waals surface area contributed by atoms with Gasteiger partial charge < -0.3 is 15.4 Å². The molecule has 0 aliphatic rings. The maximum Gasteiger partial charge on any atom is 0.413 e. The van der Waals surface area contributed by atoms with Gasteiger partial charge in [0.05, 0.1) is 22.7 Å². The summed E-state index contributed by atoms with van der Waals surface area (Å²) in [4.78, 5) is 38.3. The van der Waals surface area contributed by atoms with E-state index in [1.165, 1.54) is 29.4 Å². The number of nitrogens with zero attached hydrogens (tertiary/aromatic N) is 1. The Morgan fingerprint density at radius 3 is 2.37 bits per heavy atom. The number of ether oxygens (including phenoxy) is 1. The van der Waals surface area contributed by atoms with Crippen LogP contribution in [0.5, 0.6) is 0 Å². The van der Waals surface area contributed by atoms with Crippen molar-refractivity contribution < 1.29 is 19.1 Å². The highest BCUT2D eigenvalue weighted by Crippen LogP contribution is 2.25. The van der Waals surface area contributed by atoms with Crippen LogP contribution >= 0.6 is 22.9 Å². The van der Waals surface area contributed by atoms with E-state index in [4.69, 9.17) is 11.6 Å². The van der Waals surface area contributed by atoms with Crippen LogP contribution in [0.3, 0.4) is 0 Å². The highest BCUT2D eigenvalue weighted by Gasteiger charge is 2.14. The second-order valence-corrected chi connectivity index (χ2v) is 7.51. The summed E-state index contributed by atoms with van der Waals surface area (Å²) in [6.07, 6.45) is -0.495. The Hall–Kier alpha value is -3.36. The van der Waals surface area contributed by atoms with Crippen LogP contribution in [-0.4, -0.2) is 32.1 Å². The van der Waals surface area contributed by atoms with Crippen molar-refractivity contribution in [2.24, 2.45) is 0 Å². The number of thiophene rings is 1. The first-order valence-corrected chi connectivity index (χ1v) is 10.0. The molecule has 0 aliphatic carbocycles. The molecule has 3 rings (SSSR count). The van der Waals surface area contributed by atoms with Gasteiger partial charge in [-0.3, -0.25) is 14.5 Å². The van der Waals surface area contributed by atoms with Crippen molar-refractivity contribution in [2.45, 2.75) is 0 Å². The lowest BCUT2D eigenvalue weighted by molar-refractivity contribution is 0.101. The molecule has 0 unspecified atom stereocenters. The number of rotatable bonds is 5. The summed E-state index contributed by atoms with van der Waals surface area (Å²) < 4.78 is 4.67. The van der Waals surface area contributed by atoms with Gasteiger partial charge in [0, 0.05) is 24.0 Å². The first-order valence-electron chi connectivity index (χ1n) is 8.76. The summed E-state index contributed by atoms with van der Waals surface area (Å²) >= 11 is 7.47. The lowest BCUT2D eigenvalue weighted by atomic mass is 10.1. The molecule has 7 nitrogen and oxygen atoms in total. The van der Waals surface area contributed by atoms with E-state index >= 15 is 0 Å². The molecule has 0 aliphatic heterocycles. The summed E-state index contributed by atoms with van der Waals surface area (Å²) in [5.74, 6) is -0.665. The fraction of sp³-hybridized carbons (Fsp3) is 0.0952. The second-order valence-electron chi connectivity index (χ2n) is 6.16. The van der Waals surface area contributed by atoms with E-state index in [1.54, 1.807) is 61.0 Å². The quantitative estimate of drug-likeness (QED) is 0.573. The predicted molar refractivity (Wildman–Crippen MR) is 119 cm³/mol. The Kier molecular flexibility index (Phi) is 6.71. The third kappa shape index (κ3) is 4.97. The number of benzene rings is 2. The number of carbonyl (C=O) groups excluding carboxylic acids is 3. The summed E-state index contributed by atoms with van der Waals surface area (Å²) in [7, 11) is 2.88. The number of methoxy groups -OCH3 is 1. The van der Waals surface area contributed by atoms with Gasteiger partial charge in [-0.05, 0) is 53.9 Å². The molecule has 0 bridgehead atoms.